The zero-order valence-corrected chi connectivity index (χ0v) is 16.9. The van der Waals surface area contributed by atoms with Crippen molar-refractivity contribution in [2.45, 2.75) is 90.7 Å². The van der Waals surface area contributed by atoms with Gasteiger partial charge in [-0.25, -0.2) is 9.36 Å². The van der Waals surface area contributed by atoms with E-state index in [2.05, 4.69) is 42.6 Å². The van der Waals surface area contributed by atoms with Crippen LogP contribution in [0.2, 0.25) is 0 Å². The molecule has 0 N–H and O–H groups in total. The topological polar surface area (TPSA) is 30.2 Å². The Morgan fingerprint density at radius 2 is 1.69 bits per heavy atom. The van der Waals surface area contributed by atoms with Crippen molar-refractivity contribution in [3.8, 4) is 0 Å². The molecule has 2 atom stereocenters. The number of hydrogen-bond acceptors (Lipinski definition) is 2. The normalized spacial score (nSPS) is 13.2. The molecular weight excluding hydrogens is 322 g/mol. The third-order valence-electron chi connectivity index (χ3n) is 4.92. The average molecular weight is 361 g/mol. The summed E-state index contributed by atoms with van der Waals surface area (Å²) in [5.41, 5.74) is 0. The minimum atomic E-state index is -0.310. The summed E-state index contributed by atoms with van der Waals surface area (Å²) in [5, 5.41) is 0. The molecule has 0 spiro atoms. The fourth-order valence-electron chi connectivity index (χ4n) is 3.50. The number of aromatic nitrogens is 1. The van der Waals surface area contributed by atoms with Gasteiger partial charge in [0.1, 0.15) is 6.54 Å². The molecule has 3 nitrogen and oxygen atoms in total. The molecule has 0 aliphatic rings. The van der Waals surface area contributed by atoms with Crippen LogP contribution >= 0.6 is 0 Å². The summed E-state index contributed by atoms with van der Waals surface area (Å²) in [7, 11) is 0. The second-order valence-electron chi connectivity index (χ2n) is 7.37. The van der Waals surface area contributed by atoms with E-state index >= 15 is 0 Å². The van der Waals surface area contributed by atoms with Crippen molar-refractivity contribution in [2.24, 2.45) is 5.92 Å². The van der Waals surface area contributed by atoms with Gasteiger partial charge in [-0.15, -0.1) is 0 Å². The summed E-state index contributed by atoms with van der Waals surface area (Å²) >= 11 is 0. The summed E-state index contributed by atoms with van der Waals surface area (Å²) in [6, 6.07) is 6.20. The van der Waals surface area contributed by atoms with Gasteiger partial charge in [0.15, 0.2) is 12.4 Å². The van der Waals surface area contributed by atoms with Crippen molar-refractivity contribution in [1.29, 1.82) is 0 Å². The van der Waals surface area contributed by atoms with Gasteiger partial charge in [0.05, 0.1) is 6.10 Å². The predicted molar refractivity (Wildman–Crippen MR) is 108 cm³/mol. The van der Waals surface area contributed by atoms with Crippen LogP contribution in [-0.4, -0.2) is 12.1 Å². The SMILES string of the molecule is C=CC(=O)OC(C)CC(CCCCCCCC)CCC[n+]1ccccc1. The molecule has 1 rings (SSSR count). The van der Waals surface area contributed by atoms with Crippen LogP contribution in [0.25, 0.3) is 0 Å². The lowest BCUT2D eigenvalue weighted by Gasteiger charge is -2.20. The van der Waals surface area contributed by atoms with E-state index in [1.807, 2.05) is 13.0 Å². The smallest absolute Gasteiger partial charge is 0.330 e. The molecule has 0 saturated heterocycles. The summed E-state index contributed by atoms with van der Waals surface area (Å²) in [5.74, 6) is 0.314. The van der Waals surface area contributed by atoms with Gasteiger partial charge in [0.25, 0.3) is 0 Å². The van der Waals surface area contributed by atoms with Crippen LogP contribution in [0.15, 0.2) is 43.2 Å². The van der Waals surface area contributed by atoms with Gasteiger partial charge in [-0.05, 0) is 25.7 Å². The summed E-state index contributed by atoms with van der Waals surface area (Å²) in [6.45, 7) is 8.79. The van der Waals surface area contributed by atoms with E-state index in [1.165, 1.54) is 57.4 Å². The molecule has 2 unspecified atom stereocenters. The van der Waals surface area contributed by atoms with Gasteiger partial charge in [0.2, 0.25) is 0 Å². The number of ether oxygens (including phenoxy) is 1. The Kier molecular flexibility index (Phi) is 12.5. The number of carbonyl (C=O) groups is 1. The first-order valence-corrected chi connectivity index (χ1v) is 10.4. The van der Waals surface area contributed by atoms with Crippen LogP contribution in [0.1, 0.15) is 78.1 Å². The fraction of sp³-hybridized carbons (Fsp3) is 0.652. The monoisotopic (exact) mass is 360 g/mol. The van der Waals surface area contributed by atoms with Crippen LogP contribution in [0, 0.1) is 5.92 Å². The fourth-order valence-corrected chi connectivity index (χ4v) is 3.50. The predicted octanol–water partition coefficient (Wildman–Crippen LogP) is 5.63. The van der Waals surface area contributed by atoms with E-state index in [9.17, 15) is 4.79 Å². The lowest BCUT2D eigenvalue weighted by atomic mass is 9.90. The molecule has 0 aliphatic carbocycles. The molecule has 1 heterocycles. The van der Waals surface area contributed by atoms with Gasteiger partial charge in [0, 0.05) is 24.6 Å². The Labute approximate surface area is 160 Å². The summed E-state index contributed by atoms with van der Waals surface area (Å²) in [4.78, 5) is 11.4. The highest BCUT2D eigenvalue weighted by molar-refractivity contribution is 5.81. The van der Waals surface area contributed by atoms with Crippen LogP contribution in [0.5, 0.6) is 0 Å². The van der Waals surface area contributed by atoms with Crippen LogP contribution in [0.3, 0.4) is 0 Å². The molecule has 0 fully saturated rings. The second kappa shape index (κ2) is 14.5. The molecule has 1 aromatic rings. The number of carbonyl (C=O) groups excluding carboxylic acids is 1. The van der Waals surface area contributed by atoms with E-state index in [4.69, 9.17) is 4.74 Å². The molecule has 146 valence electrons. The van der Waals surface area contributed by atoms with Crippen molar-refractivity contribution in [1.82, 2.24) is 0 Å². The van der Waals surface area contributed by atoms with Gasteiger partial charge < -0.3 is 4.74 Å². The Morgan fingerprint density at radius 3 is 2.38 bits per heavy atom. The molecule has 1 aromatic heterocycles. The standard InChI is InChI=1S/C23H38NO2/c1-4-6-7-8-9-11-15-22(20-21(3)26-23(25)5-2)16-14-19-24-17-12-10-13-18-24/h5,10,12-13,17-18,21-22H,2,4,6-9,11,14-16,19-20H2,1,3H3/q+1. The maximum Gasteiger partial charge on any atom is 0.330 e. The van der Waals surface area contributed by atoms with E-state index < -0.39 is 0 Å². The lowest BCUT2D eigenvalue weighted by molar-refractivity contribution is -0.697. The highest BCUT2D eigenvalue weighted by atomic mass is 16.5. The minimum Gasteiger partial charge on any atom is -0.460 e. The molecule has 26 heavy (non-hydrogen) atoms. The Hall–Kier alpha value is -1.64. The Bertz CT molecular complexity index is 486. The molecule has 0 radical (unpaired) electrons. The van der Waals surface area contributed by atoms with Gasteiger partial charge >= 0.3 is 5.97 Å². The number of aryl methyl sites for hydroxylation is 1. The number of pyridine rings is 1. The molecule has 3 heteroatoms. The van der Waals surface area contributed by atoms with Crippen molar-refractivity contribution < 1.29 is 14.1 Å². The quantitative estimate of drug-likeness (QED) is 0.176. The number of esters is 1. The number of hydrogen-bond donors (Lipinski definition) is 0. The van der Waals surface area contributed by atoms with Crippen molar-refractivity contribution in [2.75, 3.05) is 0 Å². The minimum absolute atomic E-state index is 0.0324. The van der Waals surface area contributed by atoms with Crippen LogP contribution in [-0.2, 0) is 16.1 Å². The Morgan fingerprint density at radius 1 is 1.04 bits per heavy atom. The van der Waals surface area contributed by atoms with Gasteiger partial charge in [-0.3, -0.25) is 0 Å². The maximum absolute atomic E-state index is 11.4. The average Bonchev–Trinajstić information content (AvgIpc) is 2.65. The van der Waals surface area contributed by atoms with E-state index in [1.54, 1.807) is 0 Å². The maximum atomic E-state index is 11.4. The molecule has 0 aromatic carbocycles. The highest BCUT2D eigenvalue weighted by Crippen LogP contribution is 2.23. The number of rotatable bonds is 15. The molecular formula is C23H38NO2+. The van der Waals surface area contributed by atoms with Crippen LogP contribution < -0.4 is 4.57 Å². The largest absolute Gasteiger partial charge is 0.460 e. The van der Waals surface area contributed by atoms with Crippen molar-refractivity contribution >= 4 is 5.97 Å². The van der Waals surface area contributed by atoms with Crippen molar-refractivity contribution in [3.63, 3.8) is 0 Å². The molecule has 0 bridgehead atoms. The summed E-state index contributed by atoms with van der Waals surface area (Å²) < 4.78 is 7.63. The third kappa shape index (κ3) is 11.1. The first kappa shape index (κ1) is 22.4. The third-order valence-corrected chi connectivity index (χ3v) is 4.92. The zero-order chi connectivity index (χ0) is 19.0. The lowest BCUT2D eigenvalue weighted by Crippen LogP contribution is -2.32. The zero-order valence-electron chi connectivity index (χ0n) is 16.9. The van der Waals surface area contributed by atoms with E-state index in [0.717, 1.165) is 19.4 Å². The number of nitrogens with zero attached hydrogens (tertiary/aromatic N) is 1. The van der Waals surface area contributed by atoms with E-state index in [0.29, 0.717) is 5.92 Å². The number of unbranched alkanes of at least 4 members (excludes halogenated alkanes) is 5. The van der Waals surface area contributed by atoms with Crippen molar-refractivity contribution in [3.05, 3.63) is 43.2 Å². The van der Waals surface area contributed by atoms with Gasteiger partial charge in [-0.2, -0.15) is 0 Å². The molecule has 0 aliphatic heterocycles. The highest BCUT2D eigenvalue weighted by Gasteiger charge is 2.16. The first-order valence-electron chi connectivity index (χ1n) is 10.4. The summed E-state index contributed by atoms with van der Waals surface area (Å²) in [6.07, 6.45) is 18.0. The molecule has 0 saturated carbocycles. The van der Waals surface area contributed by atoms with E-state index in [-0.39, 0.29) is 12.1 Å². The second-order valence-corrected chi connectivity index (χ2v) is 7.37. The van der Waals surface area contributed by atoms with Gasteiger partial charge in [-0.1, -0.05) is 64.5 Å². The molecule has 0 amide bonds. The Balaban J connectivity index is 2.37. The first-order chi connectivity index (χ1) is 12.7. The van der Waals surface area contributed by atoms with Crippen LogP contribution in [0.4, 0.5) is 0 Å².